The first-order chi connectivity index (χ1) is 20.1. The van der Waals surface area contributed by atoms with Crippen molar-refractivity contribution in [3.05, 3.63) is 95.2 Å². The number of aromatic amines is 2. The minimum absolute atomic E-state index is 0.0175. The average Bonchev–Trinajstić information content (AvgIpc) is 3.72. The summed E-state index contributed by atoms with van der Waals surface area (Å²) in [5.41, 5.74) is 5.51. The van der Waals surface area contributed by atoms with Gasteiger partial charge in [-0.05, 0) is 25.3 Å². The van der Waals surface area contributed by atoms with Gasteiger partial charge in [0.2, 0.25) is 5.82 Å². The molecule has 7 rings (SSSR count). The molecule has 5 aromatic heterocycles. The minimum Gasteiger partial charge on any atom is -0.346 e. The number of benzene rings is 1. The van der Waals surface area contributed by atoms with Gasteiger partial charge < -0.3 is 9.88 Å². The van der Waals surface area contributed by atoms with E-state index in [1.165, 1.54) is 12.4 Å². The average molecular weight is 546 g/mol. The first-order valence-corrected chi connectivity index (χ1v) is 13.7. The number of fused-ring (bicyclic) bond motifs is 3. The molecule has 0 aliphatic carbocycles. The molecule has 1 aliphatic heterocycles. The topological polar surface area (TPSA) is 138 Å². The second kappa shape index (κ2) is 10.1. The van der Waals surface area contributed by atoms with Crippen LogP contribution in [0.3, 0.4) is 0 Å². The normalized spacial score (nSPS) is 17.3. The fourth-order valence-electron chi connectivity index (χ4n) is 5.90. The van der Waals surface area contributed by atoms with Crippen LogP contribution in [0.1, 0.15) is 48.4 Å². The number of aromatic nitrogens is 8. The van der Waals surface area contributed by atoms with Gasteiger partial charge in [-0.25, -0.2) is 9.97 Å². The maximum Gasteiger partial charge on any atom is 0.291 e. The van der Waals surface area contributed by atoms with Gasteiger partial charge in [-0.15, -0.1) is 0 Å². The summed E-state index contributed by atoms with van der Waals surface area (Å²) in [4.78, 5) is 45.3. The number of rotatable bonds is 5. The Bertz CT molecular complexity index is 1910. The Hall–Kier alpha value is -5.19. The molecule has 1 aromatic carbocycles. The number of amides is 1. The second-order valence-corrected chi connectivity index (χ2v) is 10.3. The molecule has 1 fully saturated rings. The molecule has 0 saturated carbocycles. The standard InChI is InChI=1S/C30H27N9O2/c1-2-21-14-19(11-13-38(21)30(41)27-33-17-34-37-27)26-25-24(40)10-12-31-29(25)39-28(36-26)22(16-35-39)20-8-9-23(32-15-20)18-6-4-3-5-7-18/h3-10,12,15-17,19,21H,2,11,13-14H2,1H3,(H,31,40)(H,33,34,37). The van der Waals surface area contributed by atoms with Crippen LogP contribution in [-0.2, 0) is 0 Å². The molecular weight excluding hydrogens is 518 g/mol. The fourth-order valence-corrected chi connectivity index (χ4v) is 5.90. The Morgan fingerprint density at radius 2 is 1.93 bits per heavy atom. The van der Waals surface area contributed by atoms with E-state index in [4.69, 9.17) is 9.97 Å². The minimum atomic E-state index is -0.163. The van der Waals surface area contributed by atoms with Crippen molar-refractivity contribution in [1.29, 1.82) is 0 Å². The van der Waals surface area contributed by atoms with Crippen molar-refractivity contribution in [3.8, 4) is 22.4 Å². The number of likely N-dealkylation sites (tertiary alicyclic amines) is 1. The smallest absolute Gasteiger partial charge is 0.291 e. The van der Waals surface area contributed by atoms with Crippen molar-refractivity contribution in [1.82, 2.24) is 44.6 Å². The summed E-state index contributed by atoms with van der Waals surface area (Å²) in [6.07, 6.45) is 8.69. The van der Waals surface area contributed by atoms with Crippen LogP contribution in [0.5, 0.6) is 0 Å². The molecule has 11 nitrogen and oxygen atoms in total. The molecule has 2 N–H and O–H groups in total. The van der Waals surface area contributed by atoms with Gasteiger partial charge in [0, 0.05) is 53.7 Å². The van der Waals surface area contributed by atoms with E-state index in [0.717, 1.165) is 34.5 Å². The molecule has 1 saturated heterocycles. The number of hydrogen-bond donors (Lipinski definition) is 2. The van der Waals surface area contributed by atoms with E-state index in [1.54, 1.807) is 16.9 Å². The number of pyridine rings is 2. The lowest BCUT2D eigenvalue weighted by atomic mass is 9.85. The molecule has 6 heterocycles. The van der Waals surface area contributed by atoms with E-state index >= 15 is 0 Å². The number of nitrogens with zero attached hydrogens (tertiary/aromatic N) is 7. The van der Waals surface area contributed by atoms with Crippen molar-refractivity contribution in [2.45, 2.75) is 38.1 Å². The summed E-state index contributed by atoms with van der Waals surface area (Å²) in [5, 5.41) is 11.7. The van der Waals surface area contributed by atoms with Crippen molar-refractivity contribution >= 4 is 22.6 Å². The Balaban J connectivity index is 1.29. The molecule has 0 bridgehead atoms. The maximum atomic E-state index is 13.2. The summed E-state index contributed by atoms with van der Waals surface area (Å²) in [6.45, 7) is 2.59. The molecule has 0 radical (unpaired) electrons. The lowest BCUT2D eigenvalue weighted by Crippen LogP contribution is -2.46. The van der Waals surface area contributed by atoms with Crippen LogP contribution in [0.25, 0.3) is 39.1 Å². The van der Waals surface area contributed by atoms with E-state index in [1.807, 2.05) is 53.6 Å². The number of carbonyl (C=O) groups is 1. The third-order valence-electron chi connectivity index (χ3n) is 7.97. The SMILES string of the molecule is CCC1CC(c2nc3c(-c4ccc(-c5ccccc5)nc4)cnn3c3[nH]ccc(=O)c23)CCN1C(=O)c1ncn[nH]1. The monoisotopic (exact) mass is 545 g/mol. The van der Waals surface area contributed by atoms with E-state index in [0.29, 0.717) is 36.1 Å². The summed E-state index contributed by atoms with van der Waals surface area (Å²) >= 11 is 0. The van der Waals surface area contributed by atoms with Gasteiger partial charge in [-0.1, -0.05) is 43.3 Å². The molecule has 1 amide bonds. The van der Waals surface area contributed by atoms with Crippen molar-refractivity contribution in [2.75, 3.05) is 6.54 Å². The first kappa shape index (κ1) is 24.8. The van der Waals surface area contributed by atoms with Gasteiger partial charge in [0.25, 0.3) is 5.91 Å². The van der Waals surface area contributed by atoms with E-state index in [9.17, 15) is 9.59 Å². The number of H-pyrrole nitrogens is 2. The molecule has 1 aliphatic rings. The second-order valence-electron chi connectivity index (χ2n) is 10.3. The van der Waals surface area contributed by atoms with Gasteiger partial charge in [0.1, 0.15) is 12.0 Å². The highest BCUT2D eigenvalue weighted by Gasteiger charge is 2.35. The van der Waals surface area contributed by atoms with Crippen LogP contribution in [0, 0.1) is 0 Å². The van der Waals surface area contributed by atoms with Crippen LogP contribution in [0.2, 0.25) is 0 Å². The van der Waals surface area contributed by atoms with Crippen LogP contribution in [0.15, 0.2) is 78.2 Å². The highest BCUT2D eigenvalue weighted by molar-refractivity contribution is 5.91. The molecule has 204 valence electrons. The van der Waals surface area contributed by atoms with Gasteiger partial charge >= 0.3 is 0 Å². The predicted octanol–water partition coefficient (Wildman–Crippen LogP) is 4.22. The maximum absolute atomic E-state index is 13.2. The fraction of sp³-hybridized carbons (Fsp3) is 0.233. The lowest BCUT2D eigenvalue weighted by Gasteiger charge is -2.38. The van der Waals surface area contributed by atoms with Crippen molar-refractivity contribution in [2.24, 2.45) is 0 Å². The number of hydrogen-bond acceptors (Lipinski definition) is 7. The zero-order valence-corrected chi connectivity index (χ0v) is 22.4. The van der Waals surface area contributed by atoms with Gasteiger partial charge in [0.05, 0.1) is 23.0 Å². The quantitative estimate of drug-likeness (QED) is 0.331. The molecule has 6 aromatic rings. The summed E-state index contributed by atoms with van der Waals surface area (Å²) < 4.78 is 1.69. The molecule has 41 heavy (non-hydrogen) atoms. The zero-order chi connectivity index (χ0) is 27.9. The first-order valence-electron chi connectivity index (χ1n) is 13.7. The van der Waals surface area contributed by atoms with Gasteiger partial charge in [0.15, 0.2) is 11.1 Å². The Morgan fingerprint density at radius 3 is 2.68 bits per heavy atom. The van der Waals surface area contributed by atoms with Gasteiger partial charge in [-0.2, -0.15) is 14.7 Å². The molecule has 0 spiro atoms. The highest BCUT2D eigenvalue weighted by atomic mass is 16.2. The van der Waals surface area contributed by atoms with Crippen molar-refractivity contribution < 1.29 is 4.79 Å². The van der Waals surface area contributed by atoms with Crippen LogP contribution in [-0.4, -0.2) is 63.1 Å². The Kier molecular flexibility index (Phi) is 6.11. The van der Waals surface area contributed by atoms with E-state index < -0.39 is 0 Å². The zero-order valence-electron chi connectivity index (χ0n) is 22.4. The Morgan fingerprint density at radius 1 is 1.05 bits per heavy atom. The summed E-state index contributed by atoms with van der Waals surface area (Å²) in [6, 6.07) is 15.5. The predicted molar refractivity (Wildman–Crippen MR) is 153 cm³/mol. The highest BCUT2D eigenvalue weighted by Crippen LogP contribution is 2.36. The molecule has 2 atom stereocenters. The largest absolute Gasteiger partial charge is 0.346 e. The van der Waals surface area contributed by atoms with Crippen LogP contribution >= 0.6 is 0 Å². The van der Waals surface area contributed by atoms with E-state index in [-0.39, 0.29) is 29.1 Å². The summed E-state index contributed by atoms with van der Waals surface area (Å²) in [5.74, 6) is 0.0543. The summed E-state index contributed by atoms with van der Waals surface area (Å²) in [7, 11) is 0. The Labute approximate surface area is 234 Å². The third kappa shape index (κ3) is 4.26. The van der Waals surface area contributed by atoms with Crippen LogP contribution in [0.4, 0.5) is 0 Å². The van der Waals surface area contributed by atoms with E-state index in [2.05, 4.69) is 32.2 Å². The third-order valence-corrected chi connectivity index (χ3v) is 7.97. The molecule has 11 heteroatoms. The molecular formula is C30H27N9O2. The number of piperidine rings is 1. The van der Waals surface area contributed by atoms with Crippen molar-refractivity contribution in [3.63, 3.8) is 0 Å². The lowest BCUT2D eigenvalue weighted by molar-refractivity contribution is 0.0572. The van der Waals surface area contributed by atoms with Crippen LogP contribution < -0.4 is 5.43 Å². The molecule has 2 unspecified atom stereocenters. The number of carbonyl (C=O) groups excluding carboxylic acids is 1. The van der Waals surface area contributed by atoms with Gasteiger partial charge in [-0.3, -0.25) is 19.7 Å². The number of nitrogens with one attached hydrogen (secondary N) is 2.